The van der Waals surface area contributed by atoms with Crippen LogP contribution >= 0.6 is 0 Å². The van der Waals surface area contributed by atoms with Gasteiger partial charge in [0.2, 0.25) is 0 Å². The lowest BCUT2D eigenvalue weighted by atomic mass is 10.0. The summed E-state index contributed by atoms with van der Waals surface area (Å²) in [6.07, 6.45) is 6.68. The third kappa shape index (κ3) is 3.12. The van der Waals surface area contributed by atoms with Crippen LogP contribution in [-0.2, 0) is 16.8 Å². The van der Waals surface area contributed by atoms with Gasteiger partial charge >= 0.3 is 0 Å². The molecule has 1 N–H and O–H groups in total. The molecule has 0 aliphatic heterocycles. The number of nitrogens with zero attached hydrogens (tertiary/aromatic N) is 2. The van der Waals surface area contributed by atoms with Crippen molar-refractivity contribution >= 4 is 0 Å². The van der Waals surface area contributed by atoms with Crippen LogP contribution in [0, 0.1) is 0 Å². The molecule has 0 saturated carbocycles. The topological polar surface area (TPSA) is 47.0 Å². The number of hydrogen-bond acceptors (Lipinski definition) is 4. The van der Waals surface area contributed by atoms with Gasteiger partial charge < -0.3 is 10.1 Å². The molecular weight excluding hydrogens is 238 g/mol. The zero-order valence-corrected chi connectivity index (χ0v) is 12.5. The van der Waals surface area contributed by atoms with Crippen LogP contribution in [0.2, 0.25) is 0 Å². The fourth-order valence-corrected chi connectivity index (χ4v) is 2.55. The van der Waals surface area contributed by atoms with Crippen molar-refractivity contribution in [3.63, 3.8) is 0 Å². The average molecular weight is 263 g/mol. The van der Waals surface area contributed by atoms with E-state index in [9.17, 15) is 0 Å². The van der Waals surface area contributed by atoms with Crippen molar-refractivity contribution in [1.82, 2.24) is 15.3 Å². The highest BCUT2D eigenvalue weighted by Gasteiger charge is 2.26. The number of aromatic nitrogens is 2. The Labute approximate surface area is 116 Å². The molecule has 2 rings (SSSR count). The number of methoxy groups -OCH3 is 1. The highest BCUT2D eigenvalue weighted by molar-refractivity contribution is 5.24. The second kappa shape index (κ2) is 5.97. The minimum Gasteiger partial charge on any atom is -0.371 e. The fourth-order valence-electron chi connectivity index (χ4n) is 2.55. The second-order valence-corrected chi connectivity index (χ2v) is 5.67. The number of ether oxygens (including phenoxy) is 1. The Hall–Kier alpha value is -1.00. The van der Waals surface area contributed by atoms with Gasteiger partial charge in [0.25, 0.3) is 0 Å². The normalized spacial score (nSPS) is 19.9. The molecule has 4 nitrogen and oxygen atoms in total. The molecule has 4 heteroatoms. The first-order valence-corrected chi connectivity index (χ1v) is 7.23. The van der Waals surface area contributed by atoms with E-state index < -0.39 is 5.60 Å². The molecule has 0 aromatic carbocycles. The first-order valence-electron chi connectivity index (χ1n) is 7.23. The van der Waals surface area contributed by atoms with Crippen molar-refractivity contribution in [3.05, 3.63) is 23.3 Å². The molecular formula is C15H25N3O. The van der Waals surface area contributed by atoms with Crippen molar-refractivity contribution in [2.75, 3.05) is 13.7 Å². The van der Waals surface area contributed by atoms with Crippen molar-refractivity contribution in [2.45, 2.75) is 58.1 Å². The maximum atomic E-state index is 5.48. The lowest BCUT2D eigenvalue weighted by Gasteiger charge is -2.23. The largest absolute Gasteiger partial charge is 0.371 e. The van der Waals surface area contributed by atoms with Gasteiger partial charge in [0.05, 0.1) is 0 Å². The molecule has 0 bridgehead atoms. The first kappa shape index (κ1) is 14.4. The van der Waals surface area contributed by atoms with E-state index in [2.05, 4.69) is 17.2 Å². The van der Waals surface area contributed by atoms with Crippen molar-refractivity contribution in [3.8, 4) is 0 Å². The number of rotatable bonds is 4. The summed E-state index contributed by atoms with van der Waals surface area (Å²) in [7, 11) is 1.70. The highest BCUT2D eigenvalue weighted by atomic mass is 16.5. The van der Waals surface area contributed by atoms with Crippen LogP contribution in [0.1, 0.15) is 63.2 Å². The Kier molecular flexibility index (Phi) is 4.53. The molecule has 0 fully saturated rings. The number of fused-ring (bicyclic) bond motifs is 1. The van der Waals surface area contributed by atoms with Crippen LogP contribution < -0.4 is 5.32 Å². The zero-order valence-electron chi connectivity index (χ0n) is 12.5. The molecule has 1 heterocycles. The summed E-state index contributed by atoms with van der Waals surface area (Å²) < 4.78 is 5.48. The Morgan fingerprint density at radius 2 is 2.21 bits per heavy atom. The summed E-state index contributed by atoms with van der Waals surface area (Å²) in [6, 6.07) is 0.405. The summed E-state index contributed by atoms with van der Waals surface area (Å²) >= 11 is 0. The van der Waals surface area contributed by atoms with E-state index in [4.69, 9.17) is 9.72 Å². The molecule has 0 radical (unpaired) electrons. The van der Waals surface area contributed by atoms with Gasteiger partial charge in [-0.3, -0.25) is 0 Å². The molecule has 1 aliphatic carbocycles. The van der Waals surface area contributed by atoms with Gasteiger partial charge in [-0.1, -0.05) is 13.3 Å². The summed E-state index contributed by atoms with van der Waals surface area (Å²) in [5, 5.41) is 3.54. The van der Waals surface area contributed by atoms with Gasteiger partial charge in [-0.25, -0.2) is 9.97 Å². The predicted molar refractivity (Wildman–Crippen MR) is 76.0 cm³/mol. The predicted octanol–water partition coefficient (Wildman–Crippen LogP) is 2.74. The van der Waals surface area contributed by atoms with Crippen LogP contribution in [0.4, 0.5) is 0 Å². The maximum Gasteiger partial charge on any atom is 0.159 e. The van der Waals surface area contributed by atoms with Gasteiger partial charge in [0.15, 0.2) is 5.82 Å². The molecule has 0 spiro atoms. The Bertz CT molecular complexity index is 431. The van der Waals surface area contributed by atoms with Crippen LogP contribution in [0.15, 0.2) is 6.20 Å². The van der Waals surface area contributed by atoms with E-state index in [0.29, 0.717) is 6.04 Å². The molecule has 1 atom stereocenters. The van der Waals surface area contributed by atoms with E-state index in [0.717, 1.165) is 18.8 Å². The fraction of sp³-hybridized carbons (Fsp3) is 0.733. The van der Waals surface area contributed by atoms with E-state index >= 15 is 0 Å². The summed E-state index contributed by atoms with van der Waals surface area (Å²) in [5.41, 5.74) is 2.04. The Balaban J connectivity index is 2.35. The summed E-state index contributed by atoms with van der Waals surface area (Å²) in [4.78, 5) is 9.30. The van der Waals surface area contributed by atoms with Crippen molar-refractivity contribution in [2.24, 2.45) is 0 Å². The van der Waals surface area contributed by atoms with Crippen LogP contribution in [0.3, 0.4) is 0 Å². The minimum atomic E-state index is -0.422. The SMILES string of the molecule is CCNC1CCCCc2nc(C(C)(C)OC)ncc21. The van der Waals surface area contributed by atoms with Gasteiger partial charge in [-0.2, -0.15) is 0 Å². The summed E-state index contributed by atoms with van der Waals surface area (Å²) in [5.74, 6) is 0.783. The standard InChI is InChI=1S/C15H25N3O/c1-5-16-12-8-6-7-9-13-11(12)10-17-14(18-13)15(2,3)19-4/h10,12,16H,5-9H2,1-4H3. The minimum absolute atomic E-state index is 0.405. The molecule has 0 amide bonds. The second-order valence-electron chi connectivity index (χ2n) is 5.67. The maximum absolute atomic E-state index is 5.48. The first-order chi connectivity index (χ1) is 9.08. The zero-order chi connectivity index (χ0) is 13.9. The Morgan fingerprint density at radius 3 is 2.89 bits per heavy atom. The lowest BCUT2D eigenvalue weighted by molar-refractivity contribution is 0.0112. The molecule has 1 unspecified atom stereocenters. The van der Waals surface area contributed by atoms with Crippen molar-refractivity contribution < 1.29 is 4.74 Å². The van der Waals surface area contributed by atoms with Crippen LogP contribution in [0.5, 0.6) is 0 Å². The third-order valence-corrected chi connectivity index (χ3v) is 3.93. The van der Waals surface area contributed by atoms with Gasteiger partial charge in [-0.05, 0) is 39.7 Å². The summed E-state index contributed by atoms with van der Waals surface area (Å²) in [6.45, 7) is 7.14. The number of aryl methyl sites for hydroxylation is 1. The Morgan fingerprint density at radius 1 is 1.42 bits per heavy atom. The van der Waals surface area contributed by atoms with Crippen LogP contribution in [0.25, 0.3) is 0 Å². The van der Waals surface area contributed by atoms with Gasteiger partial charge in [-0.15, -0.1) is 0 Å². The molecule has 1 aromatic rings. The highest BCUT2D eigenvalue weighted by Crippen LogP contribution is 2.29. The molecule has 1 aromatic heterocycles. The lowest BCUT2D eigenvalue weighted by Crippen LogP contribution is -2.26. The quantitative estimate of drug-likeness (QED) is 0.849. The number of nitrogens with one attached hydrogen (secondary N) is 1. The van der Waals surface area contributed by atoms with Crippen molar-refractivity contribution in [1.29, 1.82) is 0 Å². The van der Waals surface area contributed by atoms with E-state index in [1.807, 2.05) is 20.0 Å². The monoisotopic (exact) mass is 263 g/mol. The molecule has 1 aliphatic rings. The third-order valence-electron chi connectivity index (χ3n) is 3.93. The van der Waals surface area contributed by atoms with E-state index in [1.165, 1.54) is 30.5 Å². The smallest absolute Gasteiger partial charge is 0.159 e. The molecule has 106 valence electrons. The molecule has 19 heavy (non-hydrogen) atoms. The average Bonchev–Trinajstić information content (AvgIpc) is 2.61. The molecule has 0 saturated heterocycles. The van der Waals surface area contributed by atoms with Crippen LogP contribution in [-0.4, -0.2) is 23.6 Å². The van der Waals surface area contributed by atoms with E-state index in [1.54, 1.807) is 7.11 Å². The van der Waals surface area contributed by atoms with Gasteiger partial charge in [0, 0.05) is 30.6 Å². The van der Waals surface area contributed by atoms with Gasteiger partial charge in [0.1, 0.15) is 5.60 Å². The number of hydrogen-bond donors (Lipinski definition) is 1. The van der Waals surface area contributed by atoms with E-state index in [-0.39, 0.29) is 0 Å².